The highest BCUT2D eigenvalue weighted by Crippen LogP contribution is 2.24. The molecule has 2 rings (SSSR count). The maximum atomic E-state index is 11.8. The maximum Gasteiger partial charge on any atom is 0.315 e. The molecule has 2 fully saturated rings. The van der Waals surface area contributed by atoms with Crippen LogP contribution < -0.4 is 10.6 Å². The van der Waals surface area contributed by atoms with Gasteiger partial charge in [-0.15, -0.1) is 0 Å². The van der Waals surface area contributed by atoms with Gasteiger partial charge < -0.3 is 10.6 Å². The van der Waals surface area contributed by atoms with Crippen molar-refractivity contribution in [1.82, 2.24) is 15.5 Å². The summed E-state index contributed by atoms with van der Waals surface area (Å²) in [4.78, 5) is 14.5. The summed E-state index contributed by atoms with van der Waals surface area (Å²) in [7, 11) is 0. The lowest BCUT2D eigenvalue weighted by atomic mass is 10.00. The first-order chi connectivity index (χ1) is 9.65. The highest BCUT2D eigenvalue weighted by atomic mass is 16.2. The van der Waals surface area contributed by atoms with Gasteiger partial charge in [-0.3, -0.25) is 4.90 Å². The van der Waals surface area contributed by atoms with Gasteiger partial charge in [0.05, 0.1) is 0 Å². The number of carbonyl (C=O) groups is 1. The van der Waals surface area contributed by atoms with E-state index in [1.54, 1.807) is 0 Å². The average Bonchev–Trinajstić information content (AvgIpc) is 2.66. The van der Waals surface area contributed by atoms with Gasteiger partial charge in [0.15, 0.2) is 0 Å². The first kappa shape index (κ1) is 15.6. The first-order valence-corrected chi connectivity index (χ1v) is 8.46. The zero-order chi connectivity index (χ0) is 14.4. The molecule has 116 valence electrons. The Hall–Kier alpha value is -0.770. The van der Waals surface area contributed by atoms with E-state index in [2.05, 4.69) is 15.5 Å². The summed E-state index contributed by atoms with van der Waals surface area (Å²) in [6, 6.07) is 1.28. The number of likely N-dealkylation sites (tertiary alicyclic amines) is 1. The summed E-state index contributed by atoms with van der Waals surface area (Å²) in [5.74, 6) is 0. The third kappa shape index (κ3) is 4.97. The van der Waals surface area contributed by atoms with Crippen LogP contribution >= 0.6 is 0 Å². The van der Waals surface area contributed by atoms with Gasteiger partial charge in [-0.2, -0.15) is 0 Å². The largest absolute Gasteiger partial charge is 0.336 e. The normalized spacial score (nSPS) is 26.2. The smallest absolute Gasteiger partial charge is 0.315 e. The molecule has 0 spiro atoms. The van der Waals surface area contributed by atoms with Gasteiger partial charge in [-0.05, 0) is 46.1 Å². The number of nitrogens with one attached hydrogen (secondary N) is 2. The maximum absolute atomic E-state index is 11.8. The molecule has 4 heteroatoms. The van der Waals surface area contributed by atoms with E-state index < -0.39 is 0 Å². The minimum Gasteiger partial charge on any atom is -0.336 e. The summed E-state index contributed by atoms with van der Waals surface area (Å²) in [5.41, 5.74) is 0. The Kier molecular flexibility index (Phi) is 6.14. The standard InChI is InChI=1S/C16H31N3O/c1-13(2)17-16(20)18-14-8-7-11-19(12-14)15-9-5-3-4-6-10-15/h13-15H,3-12H2,1-2H3,(H2,17,18,20). The number of carbonyl (C=O) groups excluding carboxylic acids is 1. The van der Waals surface area contributed by atoms with Crippen molar-refractivity contribution in [3.05, 3.63) is 0 Å². The molecule has 2 N–H and O–H groups in total. The molecule has 0 aromatic heterocycles. The van der Waals surface area contributed by atoms with E-state index in [4.69, 9.17) is 0 Å². The molecule has 1 aliphatic heterocycles. The number of rotatable bonds is 3. The molecule has 0 bridgehead atoms. The molecule has 1 atom stereocenters. The molecule has 4 nitrogen and oxygen atoms in total. The SMILES string of the molecule is CC(C)NC(=O)NC1CCCN(C2CCCCCC2)C1. The Balaban J connectivity index is 1.80. The molecule has 0 radical (unpaired) electrons. The molecule has 0 aromatic carbocycles. The fourth-order valence-electron chi connectivity index (χ4n) is 3.57. The molecular formula is C16H31N3O. The monoisotopic (exact) mass is 281 g/mol. The van der Waals surface area contributed by atoms with Gasteiger partial charge in [-0.25, -0.2) is 4.79 Å². The van der Waals surface area contributed by atoms with Crippen molar-refractivity contribution in [2.75, 3.05) is 13.1 Å². The predicted octanol–water partition coefficient (Wildman–Crippen LogP) is 2.88. The van der Waals surface area contributed by atoms with Crippen molar-refractivity contribution in [3.63, 3.8) is 0 Å². The lowest BCUT2D eigenvalue weighted by Crippen LogP contribution is -2.53. The first-order valence-electron chi connectivity index (χ1n) is 8.46. The summed E-state index contributed by atoms with van der Waals surface area (Å²) >= 11 is 0. The van der Waals surface area contributed by atoms with Crippen LogP contribution in [0.5, 0.6) is 0 Å². The van der Waals surface area contributed by atoms with Crippen molar-refractivity contribution in [2.45, 2.75) is 83.3 Å². The van der Waals surface area contributed by atoms with Gasteiger partial charge in [0.1, 0.15) is 0 Å². The highest BCUT2D eigenvalue weighted by molar-refractivity contribution is 5.74. The quantitative estimate of drug-likeness (QED) is 0.781. The Morgan fingerprint density at radius 3 is 2.40 bits per heavy atom. The molecule has 2 aliphatic rings. The minimum absolute atomic E-state index is 0.00674. The molecule has 2 amide bonds. The van der Waals surface area contributed by atoms with Crippen molar-refractivity contribution in [3.8, 4) is 0 Å². The van der Waals surface area contributed by atoms with E-state index in [-0.39, 0.29) is 12.1 Å². The van der Waals surface area contributed by atoms with Crippen LogP contribution in [0.2, 0.25) is 0 Å². The number of hydrogen-bond acceptors (Lipinski definition) is 2. The van der Waals surface area contributed by atoms with Crippen LogP contribution in [0, 0.1) is 0 Å². The zero-order valence-electron chi connectivity index (χ0n) is 13.2. The molecule has 0 aromatic rings. The van der Waals surface area contributed by atoms with Crippen LogP contribution in [-0.2, 0) is 0 Å². The van der Waals surface area contributed by atoms with E-state index in [1.165, 1.54) is 51.5 Å². The second kappa shape index (κ2) is 7.87. The van der Waals surface area contributed by atoms with Gasteiger partial charge >= 0.3 is 6.03 Å². The molecular weight excluding hydrogens is 250 g/mol. The fourth-order valence-corrected chi connectivity index (χ4v) is 3.57. The number of piperidine rings is 1. The van der Waals surface area contributed by atoms with Crippen LogP contribution in [0.25, 0.3) is 0 Å². The Morgan fingerprint density at radius 1 is 1.05 bits per heavy atom. The lowest BCUT2D eigenvalue weighted by Gasteiger charge is -2.38. The summed E-state index contributed by atoms with van der Waals surface area (Å²) in [6.45, 7) is 6.25. The van der Waals surface area contributed by atoms with Crippen molar-refractivity contribution >= 4 is 6.03 Å². The Labute approximate surface area is 123 Å². The second-order valence-electron chi connectivity index (χ2n) is 6.75. The fraction of sp³-hybridized carbons (Fsp3) is 0.938. The summed E-state index contributed by atoms with van der Waals surface area (Å²) in [5, 5.41) is 6.07. The molecule has 1 saturated carbocycles. The molecule has 1 saturated heterocycles. The van der Waals surface area contributed by atoms with Crippen LogP contribution in [0.3, 0.4) is 0 Å². The van der Waals surface area contributed by atoms with E-state index in [9.17, 15) is 4.79 Å². The zero-order valence-corrected chi connectivity index (χ0v) is 13.2. The summed E-state index contributed by atoms with van der Waals surface area (Å²) in [6.07, 6.45) is 10.6. The third-order valence-corrected chi connectivity index (χ3v) is 4.55. The number of urea groups is 1. The van der Waals surface area contributed by atoms with Gasteiger partial charge in [0.2, 0.25) is 0 Å². The molecule has 1 heterocycles. The molecule has 1 unspecified atom stereocenters. The predicted molar refractivity (Wildman–Crippen MR) is 82.9 cm³/mol. The summed E-state index contributed by atoms with van der Waals surface area (Å²) < 4.78 is 0. The number of nitrogens with zero attached hydrogens (tertiary/aromatic N) is 1. The van der Waals surface area contributed by atoms with Crippen LogP contribution in [0.4, 0.5) is 4.79 Å². The van der Waals surface area contributed by atoms with Gasteiger partial charge in [0.25, 0.3) is 0 Å². The number of hydrogen-bond donors (Lipinski definition) is 2. The molecule has 1 aliphatic carbocycles. The lowest BCUT2D eigenvalue weighted by molar-refractivity contribution is 0.126. The van der Waals surface area contributed by atoms with E-state index in [0.29, 0.717) is 6.04 Å². The van der Waals surface area contributed by atoms with Crippen LogP contribution in [0.1, 0.15) is 65.2 Å². The van der Waals surface area contributed by atoms with Crippen molar-refractivity contribution < 1.29 is 4.79 Å². The Bertz CT molecular complexity index is 298. The van der Waals surface area contributed by atoms with Crippen LogP contribution in [-0.4, -0.2) is 42.1 Å². The highest BCUT2D eigenvalue weighted by Gasteiger charge is 2.27. The van der Waals surface area contributed by atoms with Crippen LogP contribution in [0.15, 0.2) is 0 Å². The Morgan fingerprint density at radius 2 is 1.75 bits per heavy atom. The van der Waals surface area contributed by atoms with E-state index >= 15 is 0 Å². The second-order valence-corrected chi connectivity index (χ2v) is 6.75. The van der Waals surface area contributed by atoms with Crippen molar-refractivity contribution in [1.29, 1.82) is 0 Å². The van der Waals surface area contributed by atoms with E-state index in [0.717, 1.165) is 19.0 Å². The minimum atomic E-state index is -0.00674. The van der Waals surface area contributed by atoms with Gasteiger partial charge in [-0.1, -0.05) is 25.7 Å². The number of amides is 2. The average molecular weight is 281 g/mol. The topological polar surface area (TPSA) is 44.4 Å². The van der Waals surface area contributed by atoms with Gasteiger partial charge in [0, 0.05) is 24.7 Å². The third-order valence-electron chi connectivity index (χ3n) is 4.55. The molecule has 20 heavy (non-hydrogen) atoms. The van der Waals surface area contributed by atoms with Crippen molar-refractivity contribution in [2.24, 2.45) is 0 Å². The van der Waals surface area contributed by atoms with E-state index in [1.807, 2.05) is 13.8 Å².